The van der Waals surface area contributed by atoms with Crippen molar-refractivity contribution < 1.29 is 25.8 Å². The van der Waals surface area contributed by atoms with Gasteiger partial charge < -0.3 is 0 Å². The van der Waals surface area contributed by atoms with Crippen LogP contribution in [-0.4, -0.2) is 22.4 Å². The van der Waals surface area contributed by atoms with Gasteiger partial charge in [-0.3, -0.25) is 0 Å². The minimum absolute atomic E-state index is 0. The maximum Gasteiger partial charge on any atom is 0 e. The standard InChI is InChI=1S/C76H69N4OSe.Pt/c1-73(2,3)50-36-37-77-69(43-50)80-63-32-23-35-67-70(63)71-64(80)45-56(46-68(71)82(67)65-33-20-16-28-57(65)58-29-17-21-34-66(58)82)81-55-27-22-26-54(44-55)78-47-79(62-31-19-18-30-61(62)78)72-59(48-24-14-13-15-25-48)41-53(76(10,11)12)42-60(72)49-38-51(74(4,5)6)40-52(39-49)75(7,8)9;/h13-43,46-47H,1-12H3;/q-3;. The molecule has 7 heteroatoms. The summed E-state index contributed by atoms with van der Waals surface area (Å²) in [6.07, 6.45) is 1.96. The molecule has 3 aliphatic heterocycles. The quantitative estimate of drug-likeness (QED) is 0.118. The van der Waals surface area contributed by atoms with E-state index in [0.717, 1.165) is 39.6 Å². The van der Waals surface area contributed by atoms with Crippen LogP contribution in [-0.2, 0) is 42.7 Å². The van der Waals surface area contributed by atoms with E-state index < -0.39 is 12.8 Å². The van der Waals surface area contributed by atoms with Crippen molar-refractivity contribution in [2.24, 2.45) is 0 Å². The van der Waals surface area contributed by atoms with Crippen LogP contribution in [0.15, 0.2) is 194 Å². The van der Waals surface area contributed by atoms with E-state index in [1.165, 1.54) is 84.3 Å². The Labute approximate surface area is 507 Å². The number of fused-ring (bicyclic) bond motifs is 8. The first-order valence-electron chi connectivity index (χ1n) is 28.8. The van der Waals surface area contributed by atoms with Gasteiger partial charge in [-0.1, -0.05) is 111 Å². The van der Waals surface area contributed by atoms with Crippen LogP contribution >= 0.6 is 0 Å². The zero-order valence-corrected chi connectivity index (χ0v) is 53.5. The number of nitrogens with zero attached hydrogens (tertiary/aromatic N) is 4. The molecule has 0 saturated heterocycles. The molecule has 5 nitrogen and oxygen atoms in total. The van der Waals surface area contributed by atoms with E-state index in [1.807, 2.05) is 12.3 Å². The SMILES string of the molecule is CC(C)(C)c1cc(-c2cc(C(C)(C)C)cc(-c3ccccc3)c2N2[CH-]N(c3[c-]c(Oc4[c-]c5c6c(c4)[Se]4(c7ccccc7-c7ccccc74)c4cccc(c46)n5-c4cc(C(C)(C)C)ccn4)ccc3)c3ccccc32)cc(C(C)(C)C)c1.[Pt]. The Balaban J connectivity index is 0.00000645. The summed E-state index contributed by atoms with van der Waals surface area (Å²) in [5.74, 6) is 2.13. The molecule has 0 fully saturated rings. The third-order valence-electron chi connectivity index (χ3n) is 17.1. The average molecular weight is 1330 g/mol. The summed E-state index contributed by atoms with van der Waals surface area (Å²) >= 11 is -3.13. The fraction of sp³-hybridized carbons (Fsp3) is 0.211. The van der Waals surface area contributed by atoms with E-state index in [9.17, 15) is 0 Å². The molecule has 1 spiro atoms. The van der Waals surface area contributed by atoms with Crippen molar-refractivity contribution in [2.75, 3.05) is 9.80 Å². The predicted molar refractivity (Wildman–Crippen MR) is 346 cm³/mol. The molecule has 9 aromatic carbocycles. The second kappa shape index (κ2) is 19.6. The van der Waals surface area contributed by atoms with Crippen molar-refractivity contribution in [3.05, 3.63) is 235 Å². The Kier molecular flexibility index (Phi) is 12.9. The number of rotatable bonds is 7. The molecular formula is C76H69N4OPtSe-3. The minimum atomic E-state index is -3.13. The van der Waals surface area contributed by atoms with Gasteiger partial charge in [0, 0.05) is 21.1 Å². The zero-order valence-electron chi connectivity index (χ0n) is 49.5. The van der Waals surface area contributed by atoms with Gasteiger partial charge in [0.25, 0.3) is 0 Å². The Hall–Kier alpha value is -7.46. The molecule has 0 amide bonds. The van der Waals surface area contributed by atoms with Gasteiger partial charge in [0.05, 0.1) is 0 Å². The summed E-state index contributed by atoms with van der Waals surface area (Å²) in [6.45, 7) is 30.0. The predicted octanol–water partition coefficient (Wildman–Crippen LogP) is 17.2. The number of hydrogen-bond acceptors (Lipinski definition) is 4. The Morgan fingerprint density at radius 2 is 0.988 bits per heavy atom. The second-order valence-electron chi connectivity index (χ2n) is 26.6. The molecule has 0 saturated carbocycles. The van der Waals surface area contributed by atoms with Crippen molar-refractivity contribution in [3.8, 4) is 50.7 Å². The average Bonchev–Trinajstić information content (AvgIpc) is 1.68. The molecule has 418 valence electrons. The van der Waals surface area contributed by atoms with Crippen molar-refractivity contribution >= 4 is 75.2 Å². The Morgan fingerprint density at radius 3 is 1.63 bits per heavy atom. The van der Waals surface area contributed by atoms with E-state index >= 15 is 0 Å². The number of anilines is 4. The number of benzene rings is 9. The van der Waals surface area contributed by atoms with E-state index in [2.05, 4.69) is 298 Å². The first kappa shape index (κ1) is 54.8. The molecule has 2 aromatic heterocycles. The monoisotopic (exact) mass is 1330 g/mol. The molecule has 0 atom stereocenters. The van der Waals surface area contributed by atoms with Gasteiger partial charge in [0.2, 0.25) is 0 Å². The second-order valence-corrected chi connectivity index (χ2v) is 32.9. The van der Waals surface area contributed by atoms with Gasteiger partial charge in [0.1, 0.15) is 0 Å². The number of pyridine rings is 1. The van der Waals surface area contributed by atoms with Crippen LogP contribution in [0.1, 0.15) is 105 Å². The molecule has 14 rings (SSSR count). The third kappa shape index (κ3) is 8.76. The summed E-state index contributed by atoms with van der Waals surface area (Å²) in [7, 11) is 0. The Morgan fingerprint density at radius 1 is 0.434 bits per heavy atom. The van der Waals surface area contributed by atoms with Gasteiger partial charge in [-0.15, -0.1) is 0 Å². The van der Waals surface area contributed by atoms with Crippen LogP contribution in [0.2, 0.25) is 0 Å². The van der Waals surface area contributed by atoms with Crippen molar-refractivity contribution in [1.82, 2.24) is 9.55 Å². The summed E-state index contributed by atoms with van der Waals surface area (Å²) in [6, 6.07) is 77.8. The van der Waals surface area contributed by atoms with Crippen molar-refractivity contribution in [2.45, 2.75) is 105 Å². The zero-order chi connectivity index (χ0) is 56.8. The first-order chi connectivity index (χ1) is 39.2. The molecule has 5 heterocycles. The topological polar surface area (TPSA) is 33.5 Å². The van der Waals surface area contributed by atoms with E-state index in [-0.39, 0.29) is 42.7 Å². The molecule has 3 aliphatic rings. The largest absolute Gasteiger partial charge is 0.0561 e. The molecule has 0 bridgehead atoms. The number of hydrogen-bond donors (Lipinski definition) is 0. The maximum absolute atomic E-state index is 7.26. The summed E-state index contributed by atoms with van der Waals surface area (Å²) in [4.78, 5) is 9.80. The van der Waals surface area contributed by atoms with Gasteiger partial charge >= 0.3 is 323 Å². The number of aromatic nitrogens is 2. The number of para-hydroxylation sites is 2. The molecular weight excluding hydrogens is 1260 g/mol. The van der Waals surface area contributed by atoms with Crippen molar-refractivity contribution in [3.63, 3.8) is 0 Å². The smallest absolute Gasteiger partial charge is 0 e. The van der Waals surface area contributed by atoms with Crippen LogP contribution in [0.4, 0.5) is 22.7 Å². The van der Waals surface area contributed by atoms with E-state index in [4.69, 9.17) is 9.72 Å². The first-order valence-corrected chi connectivity index (χ1v) is 32.3. The molecule has 0 unspecified atom stereocenters. The fourth-order valence-electron chi connectivity index (χ4n) is 12.7. The minimum Gasteiger partial charge on any atom is -0.0561 e. The van der Waals surface area contributed by atoms with Crippen LogP contribution in [0, 0.1) is 18.8 Å². The normalized spacial score (nSPS) is 14.6. The molecule has 0 aliphatic carbocycles. The molecule has 0 radical (unpaired) electrons. The third-order valence-corrected chi connectivity index (χ3v) is 25.5. The Bertz CT molecular complexity index is 4330. The maximum atomic E-state index is 7.26. The van der Waals surface area contributed by atoms with Gasteiger partial charge in [0.15, 0.2) is 0 Å². The summed E-state index contributed by atoms with van der Waals surface area (Å²) in [5, 5.41) is 2.55. The van der Waals surface area contributed by atoms with Crippen molar-refractivity contribution in [1.29, 1.82) is 0 Å². The van der Waals surface area contributed by atoms with Crippen LogP contribution in [0.3, 0.4) is 0 Å². The summed E-state index contributed by atoms with van der Waals surface area (Å²) < 4.78 is 15.2. The fourth-order valence-corrected chi connectivity index (χ4v) is 22.3. The van der Waals surface area contributed by atoms with Gasteiger partial charge in [-0.25, -0.2) is 0 Å². The molecule has 0 N–H and O–H groups in total. The molecule has 11 aromatic rings. The van der Waals surface area contributed by atoms with Crippen LogP contribution < -0.4 is 32.4 Å². The molecule has 83 heavy (non-hydrogen) atoms. The van der Waals surface area contributed by atoms with Crippen LogP contribution in [0.5, 0.6) is 11.5 Å². The van der Waals surface area contributed by atoms with Crippen LogP contribution in [0.25, 0.3) is 61.0 Å². The summed E-state index contributed by atoms with van der Waals surface area (Å²) in [5.41, 5.74) is 18.5. The van der Waals surface area contributed by atoms with E-state index in [1.54, 1.807) is 0 Å². The van der Waals surface area contributed by atoms with Gasteiger partial charge in [-0.05, 0) is 56.2 Å². The van der Waals surface area contributed by atoms with Gasteiger partial charge in [-0.2, -0.15) is 0 Å². The number of ether oxygens (including phenoxy) is 1. The van der Waals surface area contributed by atoms with E-state index in [0.29, 0.717) is 11.5 Å².